The van der Waals surface area contributed by atoms with Gasteiger partial charge in [0.05, 0.1) is 10.6 Å². The van der Waals surface area contributed by atoms with Gasteiger partial charge in [-0.2, -0.15) is 0 Å². The number of benzene rings is 1. The summed E-state index contributed by atoms with van der Waals surface area (Å²) in [6.07, 6.45) is 0.794. The van der Waals surface area contributed by atoms with Crippen LogP contribution in [-0.2, 0) is 0 Å². The van der Waals surface area contributed by atoms with Gasteiger partial charge in [0.2, 0.25) is 0 Å². The maximum Gasteiger partial charge on any atom is 0.255 e. The number of nitrogens with zero attached hydrogens (tertiary/aromatic N) is 1. The minimum atomic E-state index is -0.0580. The van der Waals surface area contributed by atoms with E-state index in [1.165, 1.54) is 0 Å². The zero-order chi connectivity index (χ0) is 14.6. The Hall–Kier alpha value is -0.330. The first-order valence-electron chi connectivity index (χ1n) is 6.29. The lowest BCUT2D eigenvalue weighted by Crippen LogP contribution is -2.34. The highest BCUT2D eigenvalue weighted by Gasteiger charge is 2.16. The van der Waals surface area contributed by atoms with E-state index < -0.39 is 0 Å². The summed E-state index contributed by atoms with van der Waals surface area (Å²) >= 11 is 8.27. The van der Waals surface area contributed by atoms with Crippen molar-refractivity contribution in [3.63, 3.8) is 0 Å². The van der Waals surface area contributed by atoms with E-state index in [-0.39, 0.29) is 11.9 Å². The molecule has 0 spiro atoms. The molecule has 2 N–H and O–H groups in total. The average Bonchev–Trinajstić information content (AvgIpc) is 2.34. The Bertz CT molecular complexity index is 451. The van der Waals surface area contributed by atoms with Crippen molar-refractivity contribution in [1.29, 1.82) is 0 Å². The van der Waals surface area contributed by atoms with Gasteiger partial charge in [-0.15, -0.1) is 0 Å². The number of carbonyl (C=O) groups is 1. The third kappa shape index (κ3) is 4.93. The number of nitrogens with two attached hydrogens (primary N) is 1. The summed E-state index contributed by atoms with van der Waals surface area (Å²) in [5.41, 5.74) is 6.53. The van der Waals surface area contributed by atoms with Crippen LogP contribution in [0, 0.1) is 9.49 Å². The first-order valence-corrected chi connectivity index (χ1v) is 7.74. The van der Waals surface area contributed by atoms with E-state index in [9.17, 15) is 4.79 Å². The van der Waals surface area contributed by atoms with Gasteiger partial charge in [-0.25, -0.2) is 0 Å². The molecule has 1 aromatic carbocycles. The predicted molar refractivity (Wildman–Crippen MR) is 88.6 cm³/mol. The Morgan fingerprint density at radius 1 is 1.47 bits per heavy atom. The molecule has 0 radical (unpaired) electrons. The lowest BCUT2D eigenvalue weighted by atomic mass is 10.0. The molecule has 1 rings (SSSR count). The highest BCUT2D eigenvalue weighted by Crippen LogP contribution is 2.20. The summed E-state index contributed by atoms with van der Waals surface area (Å²) in [7, 11) is 1.78. The van der Waals surface area contributed by atoms with E-state index in [0.717, 1.165) is 9.99 Å². The van der Waals surface area contributed by atoms with Crippen LogP contribution in [0.15, 0.2) is 18.2 Å². The van der Waals surface area contributed by atoms with Crippen molar-refractivity contribution in [2.45, 2.75) is 26.3 Å². The molecule has 0 aromatic heterocycles. The molecule has 0 aliphatic carbocycles. The summed E-state index contributed by atoms with van der Waals surface area (Å²) in [5.74, 6) is 0.364. The van der Waals surface area contributed by atoms with E-state index in [2.05, 4.69) is 36.4 Å². The molecule has 0 bridgehead atoms. The van der Waals surface area contributed by atoms with Crippen molar-refractivity contribution >= 4 is 40.1 Å². The molecule has 5 heteroatoms. The number of amides is 1. The molecular formula is C14H20ClIN2O. The van der Waals surface area contributed by atoms with E-state index >= 15 is 0 Å². The first-order chi connectivity index (χ1) is 8.82. The SMILES string of the molecule is CC(C)C(N)CCN(C)C(=O)c1ccc(I)cc1Cl. The van der Waals surface area contributed by atoms with E-state index in [1.54, 1.807) is 24.1 Å². The van der Waals surface area contributed by atoms with Gasteiger partial charge in [0.25, 0.3) is 5.91 Å². The monoisotopic (exact) mass is 394 g/mol. The van der Waals surface area contributed by atoms with Crippen LogP contribution in [0.1, 0.15) is 30.6 Å². The molecule has 0 fully saturated rings. The maximum absolute atomic E-state index is 12.3. The Labute approximate surface area is 133 Å². The van der Waals surface area contributed by atoms with Gasteiger partial charge in [0.15, 0.2) is 0 Å². The summed E-state index contributed by atoms with van der Waals surface area (Å²) in [4.78, 5) is 13.9. The molecule has 19 heavy (non-hydrogen) atoms. The van der Waals surface area contributed by atoms with Gasteiger partial charge >= 0.3 is 0 Å². The van der Waals surface area contributed by atoms with Crippen molar-refractivity contribution in [2.75, 3.05) is 13.6 Å². The third-order valence-electron chi connectivity index (χ3n) is 3.16. The van der Waals surface area contributed by atoms with Crippen LogP contribution in [0.2, 0.25) is 5.02 Å². The van der Waals surface area contributed by atoms with Crippen LogP contribution in [0.4, 0.5) is 0 Å². The van der Waals surface area contributed by atoms with Crippen LogP contribution < -0.4 is 5.73 Å². The number of hydrogen-bond acceptors (Lipinski definition) is 2. The van der Waals surface area contributed by atoms with Gasteiger partial charge in [-0.3, -0.25) is 4.79 Å². The maximum atomic E-state index is 12.3. The number of rotatable bonds is 5. The molecule has 0 saturated heterocycles. The van der Waals surface area contributed by atoms with Crippen molar-refractivity contribution in [3.8, 4) is 0 Å². The molecule has 0 aliphatic rings. The Kier molecular flexibility index (Phi) is 6.56. The van der Waals surface area contributed by atoms with Crippen molar-refractivity contribution in [2.24, 2.45) is 11.7 Å². The van der Waals surface area contributed by atoms with Crippen molar-refractivity contribution in [1.82, 2.24) is 4.90 Å². The zero-order valence-electron chi connectivity index (χ0n) is 11.5. The summed E-state index contributed by atoms with van der Waals surface area (Å²) in [6, 6.07) is 5.56. The minimum absolute atomic E-state index is 0.0580. The Morgan fingerprint density at radius 2 is 2.11 bits per heavy atom. The molecule has 0 aliphatic heterocycles. The minimum Gasteiger partial charge on any atom is -0.342 e. The van der Waals surface area contributed by atoms with Crippen LogP contribution in [0.3, 0.4) is 0 Å². The highest BCUT2D eigenvalue weighted by molar-refractivity contribution is 14.1. The second kappa shape index (κ2) is 7.45. The number of hydrogen-bond donors (Lipinski definition) is 1. The molecule has 3 nitrogen and oxygen atoms in total. The lowest BCUT2D eigenvalue weighted by molar-refractivity contribution is 0.0789. The fraction of sp³-hybridized carbons (Fsp3) is 0.500. The molecule has 1 amide bonds. The highest BCUT2D eigenvalue weighted by atomic mass is 127. The van der Waals surface area contributed by atoms with Crippen molar-refractivity contribution < 1.29 is 4.79 Å². The molecule has 1 atom stereocenters. The Morgan fingerprint density at radius 3 is 2.63 bits per heavy atom. The quantitative estimate of drug-likeness (QED) is 0.778. The van der Waals surface area contributed by atoms with E-state index in [1.807, 2.05) is 6.07 Å². The average molecular weight is 395 g/mol. The second-order valence-corrected chi connectivity index (χ2v) is 6.70. The van der Waals surface area contributed by atoms with Crippen LogP contribution in [-0.4, -0.2) is 30.4 Å². The third-order valence-corrected chi connectivity index (χ3v) is 4.15. The smallest absolute Gasteiger partial charge is 0.255 e. The fourth-order valence-corrected chi connectivity index (χ4v) is 2.58. The van der Waals surface area contributed by atoms with E-state index in [4.69, 9.17) is 17.3 Å². The number of carbonyl (C=O) groups excluding carboxylic acids is 1. The standard InChI is InChI=1S/C14H20ClIN2O/c1-9(2)13(17)6-7-18(3)14(19)11-5-4-10(16)8-12(11)15/h4-5,8-9,13H,6-7,17H2,1-3H3. The summed E-state index contributed by atoms with van der Waals surface area (Å²) in [5, 5.41) is 0.497. The van der Waals surface area contributed by atoms with E-state index in [0.29, 0.717) is 23.0 Å². The molecule has 1 aromatic rings. The van der Waals surface area contributed by atoms with Gasteiger partial charge in [0, 0.05) is 23.2 Å². The number of halogens is 2. The Balaban J connectivity index is 2.66. The predicted octanol–water partition coefficient (Wildman–Crippen LogP) is 3.39. The molecular weight excluding hydrogens is 375 g/mol. The molecule has 106 valence electrons. The van der Waals surface area contributed by atoms with Gasteiger partial charge in [-0.1, -0.05) is 25.4 Å². The van der Waals surface area contributed by atoms with Crippen LogP contribution >= 0.6 is 34.2 Å². The van der Waals surface area contributed by atoms with Gasteiger partial charge < -0.3 is 10.6 Å². The van der Waals surface area contributed by atoms with Gasteiger partial charge in [0.1, 0.15) is 0 Å². The topological polar surface area (TPSA) is 46.3 Å². The fourth-order valence-electron chi connectivity index (χ4n) is 1.65. The zero-order valence-corrected chi connectivity index (χ0v) is 14.4. The summed E-state index contributed by atoms with van der Waals surface area (Å²) < 4.78 is 1.02. The molecule has 0 saturated carbocycles. The first kappa shape index (κ1) is 16.7. The largest absolute Gasteiger partial charge is 0.342 e. The second-order valence-electron chi connectivity index (χ2n) is 5.05. The van der Waals surface area contributed by atoms with Crippen LogP contribution in [0.5, 0.6) is 0 Å². The normalized spacial score (nSPS) is 12.6. The summed E-state index contributed by atoms with van der Waals surface area (Å²) in [6.45, 7) is 4.81. The van der Waals surface area contributed by atoms with Gasteiger partial charge in [-0.05, 0) is 53.1 Å². The molecule has 0 heterocycles. The molecule has 1 unspecified atom stereocenters. The van der Waals surface area contributed by atoms with Crippen LogP contribution in [0.25, 0.3) is 0 Å². The lowest BCUT2D eigenvalue weighted by Gasteiger charge is -2.22. The van der Waals surface area contributed by atoms with Crippen molar-refractivity contribution in [3.05, 3.63) is 32.4 Å².